The van der Waals surface area contributed by atoms with Crippen molar-refractivity contribution in [2.75, 3.05) is 11.4 Å². The molecule has 5 heteroatoms. The molecular weight excluding hydrogens is 371 g/mol. The van der Waals surface area contributed by atoms with Gasteiger partial charge < -0.3 is 4.90 Å². The second-order valence-electron chi connectivity index (χ2n) is 5.83. The number of hydrogen-bond acceptors (Lipinski definition) is 2. The molecule has 3 aromatic rings. The van der Waals surface area contributed by atoms with Crippen molar-refractivity contribution in [3.05, 3.63) is 70.1 Å². The summed E-state index contributed by atoms with van der Waals surface area (Å²) >= 11 is 3.32. The molecule has 0 saturated heterocycles. The maximum atomic E-state index is 14.5. The normalized spacial score (nSPS) is 13.8. The van der Waals surface area contributed by atoms with Crippen molar-refractivity contribution < 1.29 is 9.18 Å². The minimum Gasteiger partial charge on any atom is -0.305 e. The van der Waals surface area contributed by atoms with Crippen molar-refractivity contribution >= 4 is 38.4 Å². The Hall–Kier alpha value is -2.27. The summed E-state index contributed by atoms with van der Waals surface area (Å²) < 4.78 is 15.2. The Labute approximate surface area is 147 Å². The molecule has 0 radical (unpaired) electrons. The van der Waals surface area contributed by atoms with E-state index in [-0.39, 0.29) is 11.7 Å². The fraction of sp³-hybridized carbons (Fsp3) is 0.158. The van der Waals surface area contributed by atoms with Crippen LogP contribution in [-0.4, -0.2) is 17.4 Å². The van der Waals surface area contributed by atoms with Crippen molar-refractivity contribution in [1.29, 1.82) is 0 Å². The van der Waals surface area contributed by atoms with E-state index < -0.39 is 0 Å². The standard InChI is InChI=1S/C19H14BrFN2O/c20-13-10-12-4-3-9-23(18(12)16(21)11-13)19(24)15-5-1-7-17-14(15)6-2-8-22-17/h1-2,5-8,10-11H,3-4,9H2. The van der Waals surface area contributed by atoms with Gasteiger partial charge in [0.25, 0.3) is 5.91 Å². The number of amides is 1. The number of hydrogen-bond donors (Lipinski definition) is 0. The second-order valence-corrected chi connectivity index (χ2v) is 6.75. The predicted molar refractivity (Wildman–Crippen MR) is 95.8 cm³/mol. The van der Waals surface area contributed by atoms with Gasteiger partial charge in [-0.2, -0.15) is 0 Å². The van der Waals surface area contributed by atoms with E-state index >= 15 is 0 Å². The molecule has 3 nitrogen and oxygen atoms in total. The molecule has 120 valence electrons. The van der Waals surface area contributed by atoms with Gasteiger partial charge in [-0.05, 0) is 48.7 Å². The van der Waals surface area contributed by atoms with E-state index in [4.69, 9.17) is 0 Å². The summed E-state index contributed by atoms with van der Waals surface area (Å²) in [6.45, 7) is 0.515. The SMILES string of the molecule is O=C(c1cccc2ncccc12)N1CCCc2cc(Br)cc(F)c21. The number of aryl methyl sites for hydroxylation is 1. The van der Waals surface area contributed by atoms with Crippen LogP contribution in [0, 0.1) is 5.82 Å². The molecule has 0 aliphatic carbocycles. The summed E-state index contributed by atoms with van der Waals surface area (Å²) in [5.74, 6) is -0.554. The van der Waals surface area contributed by atoms with Crippen molar-refractivity contribution in [2.45, 2.75) is 12.8 Å². The van der Waals surface area contributed by atoms with Crippen LogP contribution < -0.4 is 4.90 Å². The van der Waals surface area contributed by atoms with Gasteiger partial charge in [0.1, 0.15) is 5.82 Å². The first-order valence-electron chi connectivity index (χ1n) is 7.78. The molecule has 0 fully saturated rings. The highest BCUT2D eigenvalue weighted by molar-refractivity contribution is 9.10. The van der Waals surface area contributed by atoms with Crippen molar-refractivity contribution in [1.82, 2.24) is 4.98 Å². The van der Waals surface area contributed by atoms with Gasteiger partial charge in [0.05, 0.1) is 11.2 Å². The average molecular weight is 385 g/mol. The van der Waals surface area contributed by atoms with Gasteiger partial charge in [0, 0.05) is 28.2 Å². The summed E-state index contributed by atoms with van der Waals surface area (Å²) in [5.41, 5.74) is 2.57. The fourth-order valence-electron chi connectivity index (χ4n) is 3.29. The Balaban J connectivity index is 1.84. The van der Waals surface area contributed by atoms with Crippen LogP contribution in [0.1, 0.15) is 22.3 Å². The Bertz CT molecular complexity index is 952. The number of aromatic nitrogens is 1. The number of halogens is 2. The molecule has 0 unspecified atom stereocenters. The van der Waals surface area contributed by atoms with Crippen LogP contribution in [0.4, 0.5) is 10.1 Å². The third-order valence-corrected chi connectivity index (χ3v) is 4.78. The zero-order valence-electron chi connectivity index (χ0n) is 12.8. The second kappa shape index (κ2) is 5.98. The highest BCUT2D eigenvalue weighted by atomic mass is 79.9. The topological polar surface area (TPSA) is 33.2 Å². The lowest BCUT2D eigenvalue weighted by molar-refractivity contribution is 0.0985. The maximum absolute atomic E-state index is 14.5. The molecule has 2 aromatic carbocycles. The van der Waals surface area contributed by atoms with Gasteiger partial charge in [-0.3, -0.25) is 9.78 Å². The van der Waals surface area contributed by atoms with Gasteiger partial charge in [-0.1, -0.05) is 28.1 Å². The van der Waals surface area contributed by atoms with E-state index in [0.717, 1.165) is 29.3 Å². The highest BCUT2D eigenvalue weighted by Gasteiger charge is 2.28. The van der Waals surface area contributed by atoms with Crippen molar-refractivity contribution in [3.8, 4) is 0 Å². The summed E-state index contributed by atoms with van der Waals surface area (Å²) in [7, 11) is 0. The maximum Gasteiger partial charge on any atom is 0.259 e. The number of benzene rings is 2. The van der Waals surface area contributed by atoms with Crippen molar-refractivity contribution in [3.63, 3.8) is 0 Å². The average Bonchev–Trinajstić information content (AvgIpc) is 2.60. The van der Waals surface area contributed by atoms with E-state index in [1.54, 1.807) is 23.2 Å². The first-order chi connectivity index (χ1) is 11.6. The molecule has 0 bridgehead atoms. The summed E-state index contributed by atoms with van der Waals surface area (Å²) in [4.78, 5) is 19.0. The van der Waals surface area contributed by atoms with Crippen LogP contribution in [-0.2, 0) is 6.42 Å². The monoisotopic (exact) mass is 384 g/mol. The van der Waals surface area contributed by atoms with Crippen molar-refractivity contribution in [2.24, 2.45) is 0 Å². The minimum atomic E-state index is -0.370. The Kier molecular flexibility index (Phi) is 3.81. The first-order valence-corrected chi connectivity index (χ1v) is 8.58. The third kappa shape index (κ3) is 2.49. The fourth-order valence-corrected chi connectivity index (χ4v) is 3.77. The number of rotatable bonds is 1. The van der Waals surface area contributed by atoms with E-state index in [2.05, 4.69) is 20.9 Å². The molecule has 1 amide bonds. The zero-order chi connectivity index (χ0) is 16.7. The van der Waals surface area contributed by atoms with E-state index in [1.165, 1.54) is 6.07 Å². The summed E-state index contributed by atoms with van der Waals surface area (Å²) in [6, 6.07) is 12.4. The first kappa shape index (κ1) is 15.3. The van der Waals surface area contributed by atoms with Gasteiger partial charge in [0.2, 0.25) is 0 Å². The van der Waals surface area contributed by atoms with E-state index in [1.807, 2.05) is 24.3 Å². The molecule has 1 aromatic heterocycles. The van der Waals surface area contributed by atoms with Crippen LogP contribution in [0.15, 0.2) is 53.1 Å². The lowest BCUT2D eigenvalue weighted by Gasteiger charge is -2.30. The number of carbonyl (C=O) groups is 1. The van der Waals surface area contributed by atoms with Crippen LogP contribution in [0.2, 0.25) is 0 Å². The zero-order valence-corrected chi connectivity index (χ0v) is 14.4. The van der Waals surface area contributed by atoms with E-state index in [0.29, 0.717) is 22.3 Å². The molecule has 4 rings (SSSR count). The van der Waals surface area contributed by atoms with Gasteiger partial charge >= 0.3 is 0 Å². The van der Waals surface area contributed by atoms with Crippen LogP contribution in [0.3, 0.4) is 0 Å². The third-order valence-electron chi connectivity index (χ3n) is 4.33. The Morgan fingerprint density at radius 1 is 1.21 bits per heavy atom. The number of nitrogens with zero attached hydrogens (tertiary/aromatic N) is 2. The number of carbonyl (C=O) groups excluding carboxylic acids is 1. The highest BCUT2D eigenvalue weighted by Crippen LogP contribution is 2.34. The predicted octanol–water partition coefficient (Wildman–Crippen LogP) is 4.73. The lowest BCUT2D eigenvalue weighted by atomic mass is 9.99. The lowest BCUT2D eigenvalue weighted by Crippen LogP contribution is -2.36. The molecule has 2 heterocycles. The minimum absolute atomic E-state index is 0.184. The van der Waals surface area contributed by atoms with Gasteiger partial charge in [-0.15, -0.1) is 0 Å². The molecular formula is C19H14BrFN2O. The molecule has 24 heavy (non-hydrogen) atoms. The number of anilines is 1. The number of fused-ring (bicyclic) bond motifs is 2. The molecule has 0 atom stereocenters. The van der Waals surface area contributed by atoms with Gasteiger partial charge in [0.15, 0.2) is 0 Å². The molecule has 0 N–H and O–H groups in total. The molecule has 0 spiro atoms. The van der Waals surface area contributed by atoms with Crippen LogP contribution in [0.5, 0.6) is 0 Å². The summed E-state index contributed by atoms with van der Waals surface area (Å²) in [5, 5.41) is 0.787. The van der Waals surface area contributed by atoms with Crippen LogP contribution >= 0.6 is 15.9 Å². The number of pyridine rings is 1. The van der Waals surface area contributed by atoms with Crippen LogP contribution in [0.25, 0.3) is 10.9 Å². The Morgan fingerprint density at radius 3 is 2.96 bits per heavy atom. The van der Waals surface area contributed by atoms with E-state index in [9.17, 15) is 9.18 Å². The Morgan fingerprint density at radius 2 is 2.08 bits per heavy atom. The molecule has 0 saturated carbocycles. The quantitative estimate of drug-likeness (QED) is 0.607. The smallest absolute Gasteiger partial charge is 0.259 e. The molecule has 1 aliphatic heterocycles. The largest absolute Gasteiger partial charge is 0.305 e. The summed E-state index contributed by atoms with van der Waals surface area (Å²) in [6.07, 6.45) is 3.29. The van der Waals surface area contributed by atoms with Gasteiger partial charge in [-0.25, -0.2) is 4.39 Å². The molecule has 1 aliphatic rings.